The number of halogens is 3. The van der Waals surface area contributed by atoms with E-state index in [0.717, 1.165) is 11.3 Å². The molecule has 0 aliphatic carbocycles. The lowest BCUT2D eigenvalue weighted by Crippen LogP contribution is -2.19. The van der Waals surface area contributed by atoms with Gasteiger partial charge >= 0.3 is 12.1 Å². The number of carboxylic acids is 1. The zero-order valence-electron chi connectivity index (χ0n) is 10.8. The second-order valence-corrected chi connectivity index (χ2v) is 5.25. The first-order valence-electron chi connectivity index (χ1n) is 5.85. The lowest BCUT2D eigenvalue weighted by Gasteiger charge is -2.11. The number of hydrogen-bond donors (Lipinski definition) is 1. The van der Waals surface area contributed by atoms with Gasteiger partial charge in [0.15, 0.2) is 6.61 Å². The van der Waals surface area contributed by atoms with Crippen LogP contribution in [-0.2, 0) is 0 Å². The van der Waals surface area contributed by atoms with E-state index >= 15 is 0 Å². The number of nitrogens with zero attached hydrogens (tertiary/aromatic N) is 1. The molecule has 22 heavy (non-hydrogen) atoms. The largest absolute Gasteiger partial charge is 0.495 e. The summed E-state index contributed by atoms with van der Waals surface area (Å²) in [4.78, 5) is 14.7. The van der Waals surface area contributed by atoms with Gasteiger partial charge in [-0.05, 0) is 29.8 Å². The van der Waals surface area contributed by atoms with Crippen molar-refractivity contribution in [1.29, 1.82) is 0 Å². The van der Waals surface area contributed by atoms with Crippen LogP contribution in [0.25, 0.3) is 15.3 Å². The molecule has 0 atom stereocenters. The molecule has 4 nitrogen and oxygen atoms in total. The number of alkyl halides is 3. The predicted octanol–water partition coefficient (Wildman–Crippen LogP) is 4.61. The Balaban J connectivity index is 2.28. The van der Waals surface area contributed by atoms with Gasteiger partial charge in [-0.1, -0.05) is 6.07 Å². The number of rotatable bonds is 4. The van der Waals surface area contributed by atoms with E-state index in [0.29, 0.717) is 10.4 Å². The topological polar surface area (TPSA) is 50.9 Å². The Bertz CT molecular complexity index is 747. The Morgan fingerprint density at radius 1 is 1.32 bits per heavy atom. The number of hydrogen-bond acceptors (Lipinski definition) is 3. The fourth-order valence-electron chi connectivity index (χ4n) is 1.65. The van der Waals surface area contributed by atoms with E-state index in [-0.39, 0.29) is 16.3 Å². The highest BCUT2D eigenvalue weighted by Crippen LogP contribution is 2.36. The average molecular weight is 327 g/mol. The van der Waals surface area contributed by atoms with Gasteiger partial charge in [-0.25, -0.2) is 9.64 Å². The van der Waals surface area contributed by atoms with Crippen molar-refractivity contribution < 1.29 is 27.8 Å². The van der Waals surface area contributed by atoms with Gasteiger partial charge in [-0.2, -0.15) is 13.2 Å². The average Bonchev–Trinajstić information content (AvgIpc) is 2.94. The highest BCUT2D eigenvalue weighted by molar-refractivity contribution is 7.17. The predicted molar refractivity (Wildman–Crippen MR) is 74.5 cm³/mol. The normalized spacial score (nSPS) is 11.0. The molecule has 2 rings (SSSR count). The first kappa shape index (κ1) is 15.9. The van der Waals surface area contributed by atoms with Gasteiger partial charge in [0.1, 0.15) is 10.6 Å². The molecule has 0 radical (unpaired) electrons. The molecule has 0 spiro atoms. The number of carboxylic acid groups (broad SMARTS) is 1. The van der Waals surface area contributed by atoms with Gasteiger partial charge < -0.3 is 9.84 Å². The second-order valence-electron chi connectivity index (χ2n) is 4.17. The zero-order chi connectivity index (χ0) is 16.3. The summed E-state index contributed by atoms with van der Waals surface area (Å²) in [5.41, 5.74) is 0.481. The molecule has 114 valence electrons. The molecule has 0 fully saturated rings. The molecule has 2 aromatic rings. The molecule has 8 heteroatoms. The number of benzene rings is 1. The first-order chi connectivity index (χ1) is 10.3. The third-order valence-corrected chi connectivity index (χ3v) is 3.69. The van der Waals surface area contributed by atoms with Crippen LogP contribution in [0.15, 0.2) is 30.3 Å². The molecular formula is C14H8F3NO3S. The van der Waals surface area contributed by atoms with Crippen molar-refractivity contribution in [2.45, 2.75) is 6.18 Å². The maximum atomic E-state index is 12.1. The molecule has 0 aliphatic heterocycles. The van der Waals surface area contributed by atoms with Crippen LogP contribution < -0.4 is 4.74 Å². The minimum absolute atomic E-state index is 0.0629. The monoisotopic (exact) mass is 327 g/mol. The van der Waals surface area contributed by atoms with Crippen molar-refractivity contribution in [1.82, 2.24) is 0 Å². The smallest absolute Gasteiger partial charge is 0.422 e. The lowest BCUT2D eigenvalue weighted by atomic mass is 10.1. The molecular weight excluding hydrogens is 319 g/mol. The SMILES string of the molecule is [C-]#[N+]c1cc(-c2ccc(C(=O)O)s2)ccc1OCC(F)(F)F. The summed E-state index contributed by atoms with van der Waals surface area (Å²) >= 11 is 1.01. The van der Waals surface area contributed by atoms with Gasteiger partial charge in [-0.15, -0.1) is 11.3 Å². The molecule has 0 saturated carbocycles. The summed E-state index contributed by atoms with van der Waals surface area (Å²) in [6.45, 7) is 5.55. The van der Waals surface area contributed by atoms with E-state index in [1.165, 1.54) is 24.3 Å². The minimum Gasteiger partial charge on any atom is -0.495 e. The molecule has 0 aliphatic rings. The number of thiophene rings is 1. The van der Waals surface area contributed by atoms with Gasteiger partial charge in [-0.3, -0.25) is 0 Å². The maximum Gasteiger partial charge on any atom is 0.422 e. The van der Waals surface area contributed by atoms with Gasteiger partial charge in [0, 0.05) is 4.88 Å². The molecule has 0 saturated heterocycles. The summed E-state index contributed by atoms with van der Waals surface area (Å²) in [5, 5.41) is 8.87. The van der Waals surface area contributed by atoms with Crippen LogP contribution in [0.1, 0.15) is 9.67 Å². The molecule has 0 bridgehead atoms. The maximum absolute atomic E-state index is 12.1. The second kappa shape index (κ2) is 6.07. The third kappa shape index (κ3) is 3.77. The fraction of sp³-hybridized carbons (Fsp3) is 0.143. The Kier molecular flexibility index (Phi) is 4.37. The number of carbonyl (C=O) groups is 1. The molecule has 0 amide bonds. The highest BCUT2D eigenvalue weighted by Gasteiger charge is 2.28. The van der Waals surface area contributed by atoms with E-state index in [1.807, 2.05) is 0 Å². The molecule has 0 unspecified atom stereocenters. The fourth-order valence-corrected chi connectivity index (χ4v) is 2.49. The quantitative estimate of drug-likeness (QED) is 0.835. The van der Waals surface area contributed by atoms with Crippen LogP contribution in [0, 0.1) is 6.57 Å². The van der Waals surface area contributed by atoms with Crippen LogP contribution in [0.3, 0.4) is 0 Å². The van der Waals surface area contributed by atoms with Gasteiger partial charge in [0.25, 0.3) is 0 Å². The summed E-state index contributed by atoms with van der Waals surface area (Å²) in [7, 11) is 0. The van der Waals surface area contributed by atoms with E-state index in [4.69, 9.17) is 11.7 Å². The number of aromatic carboxylic acids is 1. The van der Waals surface area contributed by atoms with E-state index < -0.39 is 18.8 Å². The summed E-state index contributed by atoms with van der Waals surface area (Å²) in [5.74, 6) is -1.22. The zero-order valence-corrected chi connectivity index (χ0v) is 11.7. The van der Waals surface area contributed by atoms with Crippen LogP contribution >= 0.6 is 11.3 Å². The van der Waals surface area contributed by atoms with Crippen LogP contribution in [0.4, 0.5) is 18.9 Å². The Morgan fingerprint density at radius 3 is 2.59 bits per heavy atom. The Morgan fingerprint density at radius 2 is 2.05 bits per heavy atom. The molecule has 1 N–H and O–H groups in total. The highest BCUT2D eigenvalue weighted by atomic mass is 32.1. The van der Waals surface area contributed by atoms with Crippen molar-refractivity contribution in [3.8, 4) is 16.2 Å². The van der Waals surface area contributed by atoms with E-state index in [1.54, 1.807) is 6.07 Å². The molecule has 1 aromatic carbocycles. The third-order valence-electron chi connectivity index (χ3n) is 2.57. The number of ether oxygens (including phenoxy) is 1. The summed E-state index contributed by atoms with van der Waals surface area (Å²) < 4.78 is 41.0. The van der Waals surface area contributed by atoms with Crippen molar-refractivity contribution in [3.63, 3.8) is 0 Å². The molecule has 1 aromatic heterocycles. The standard InChI is InChI=1S/C14H8F3NO3S/c1-18-9-6-8(11-4-5-12(22-11)13(19)20)2-3-10(9)21-7-14(15,16)17/h2-6H,7H2,(H,19,20). The molecule has 1 heterocycles. The van der Waals surface area contributed by atoms with Crippen molar-refractivity contribution in [2.24, 2.45) is 0 Å². The minimum atomic E-state index is -4.48. The summed E-state index contributed by atoms with van der Waals surface area (Å²) in [6, 6.07) is 7.13. The van der Waals surface area contributed by atoms with Gasteiger partial charge in [0.2, 0.25) is 5.69 Å². The lowest BCUT2D eigenvalue weighted by molar-refractivity contribution is -0.153. The van der Waals surface area contributed by atoms with Crippen LogP contribution in [-0.4, -0.2) is 23.9 Å². The van der Waals surface area contributed by atoms with Crippen molar-refractivity contribution in [2.75, 3.05) is 6.61 Å². The Labute approximate surface area is 127 Å². The van der Waals surface area contributed by atoms with Crippen LogP contribution in [0.2, 0.25) is 0 Å². The van der Waals surface area contributed by atoms with Crippen molar-refractivity contribution in [3.05, 3.63) is 46.6 Å². The van der Waals surface area contributed by atoms with Crippen LogP contribution in [0.5, 0.6) is 5.75 Å². The van der Waals surface area contributed by atoms with Gasteiger partial charge in [0.05, 0.1) is 6.57 Å². The van der Waals surface area contributed by atoms with E-state index in [9.17, 15) is 18.0 Å². The summed E-state index contributed by atoms with van der Waals surface area (Å²) in [6.07, 6.45) is -4.48. The Hall–Kier alpha value is -2.53. The van der Waals surface area contributed by atoms with E-state index in [2.05, 4.69) is 9.58 Å². The van der Waals surface area contributed by atoms with Crippen molar-refractivity contribution >= 4 is 23.0 Å². The first-order valence-corrected chi connectivity index (χ1v) is 6.66.